The number of rotatable bonds is 4. The predicted octanol–water partition coefficient (Wildman–Crippen LogP) is 4.06. The molecule has 0 N–H and O–H groups in total. The molecule has 1 aromatic rings. The topological polar surface area (TPSA) is 34.1 Å². The first-order valence-corrected chi connectivity index (χ1v) is 9.37. The highest BCUT2D eigenvalue weighted by atomic mass is 32.2. The summed E-state index contributed by atoms with van der Waals surface area (Å²) in [5, 5.41) is -0.163. The van der Waals surface area contributed by atoms with Crippen LogP contribution in [-0.4, -0.2) is 13.7 Å². The summed E-state index contributed by atoms with van der Waals surface area (Å²) in [5.41, 5.74) is 0.909. The Morgan fingerprint density at radius 3 is 2.40 bits per heavy atom. The molecule has 1 aliphatic rings. The molecule has 2 nitrogen and oxygen atoms in total. The molecule has 0 aromatic heterocycles. The van der Waals surface area contributed by atoms with Gasteiger partial charge in [0.1, 0.15) is 0 Å². The smallest absolute Gasteiger partial charge is 0.157 e. The molecule has 0 saturated heterocycles. The summed E-state index contributed by atoms with van der Waals surface area (Å²) in [5.74, 6) is 1.62. The van der Waals surface area contributed by atoms with E-state index in [9.17, 15) is 8.42 Å². The predicted molar refractivity (Wildman–Crippen MR) is 84.2 cm³/mol. The van der Waals surface area contributed by atoms with Crippen molar-refractivity contribution in [2.24, 2.45) is 17.8 Å². The Morgan fingerprint density at radius 1 is 1.15 bits per heavy atom. The van der Waals surface area contributed by atoms with E-state index in [1.165, 1.54) is 6.42 Å². The Hall–Kier alpha value is -0.830. The van der Waals surface area contributed by atoms with Crippen LogP contribution in [0.15, 0.2) is 30.3 Å². The Labute approximate surface area is 123 Å². The van der Waals surface area contributed by atoms with Gasteiger partial charge in [0.05, 0.1) is 11.0 Å². The molecule has 0 aliphatic heterocycles. The lowest BCUT2D eigenvalue weighted by molar-refractivity contribution is 0.236. The number of benzene rings is 1. The van der Waals surface area contributed by atoms with Crippen molar-refractivity contribution in [3.8, 4) is 0 Å². The summed E-state index contributed by atoms with van der Waals surface area (Å²) in [6, 6.07) is 9.56. The summed E-state index contributed by atoms with van der Waals surface area (Å²) in [6.45, 7) is 6.52. The van der Waals surface area contributed by atoms with Crippen LogP contribution >= 0.6 is 0 Å². The van der Waals surface area contributed by atoms with Crippen molar-refractivity contribution in [2.45, 2.75) is 51.0 Å². The second kappa shape index (κ2) is 6.30. The average molecular weight is 294 g/mol. The van der Waals surface area contributed by atoms with Crippen LogP contribution < -0.4 is 0 Å². The molecule has 2 rings (SSSR count). The van der Waals surface area contributed by atoms with Gasteiger partial charge in [-0.3, -0.25) is 0 Å². The minimum atomic E-state index is -3.05. The number of hydrogen-bond donors (Lipinski definition) is 0. The van der Waals surface area contributed by atoms with E-state index in [1.54, 1.807) is 0 Å². The number of hydrogen-bond acceptors (Lipinski definition) is 2. The molecule has 1 aromatic carbocycles. The van der Waals surface area contributed by atoms with E-state index < -0.39 is 9.84 Å². The fraction of sp³-hybridized carbons (Fsp3) is 0.647. The molecule has 3 unspecified atom stereocenters. The summed E-state index contributed by atoms with van der Waals surface area (Å²) < 4.78 is 25.5. The van der Waals surface area contributed by atoms with Crippen molar-refractivity contribution in [1.29, 1.82) is 0 Å². The standard InChI is InChI=1S/C17H26O2S/c1-13(2)16-10-9-14(3)17(11-16)20(18,19)12-15-7-5-4-6-8-15/h4-8,13-14,16-17H,9-12H2,1-3H3. The van der Waals surface area contributed by atoms with Gasteiger partial charge in [-0.05, 0) is 42.6 Å². The molecule has 0 heterocycles. The quantitative estimate of drug-likeness (QED) is 0.839. The molecule has 3 atom stereocenters. The minimum absolute atomic E-state index is 0.163. The van der Waals surface area contributed by atoms with Gasteiger partial charge in [0.15, 0.2) is 9.84 Å². The fourth-order valence-corrected chi connectivity index (χ4v) is 5.59. The van der Waals surface area contributed by atoms with Crippen LogP contribution in [0.1, 0.15) is 45.6 Å². The van der Waals surface area contributed by atoms with E-state index >= 15 is 0 Å². The minimum Gasteiger partial charge on any atom is -0.228 e. The van der Waals surface area contributed by atoms with Crippen molar-refractivity contribution in [3.05, 3.63) is 35.9 Å². The monoisotopic (exact) mass is 294 g/mol. The van der Waals surface area contributed by atoms with Crippen LogP contribution in [0.4, 0.5) is 0 Å². The van der Waals surface area contributed by atoms with Gasteiger partial charge >= 0.3 is 0 Å². The van der Waals surface area contributed by atoms with Crippen LogP contribution in [0.25, 0.3) is 0 Å². The molecule has 1 fully saturated rings. The van der Waals surface area contributed by atoms with E-state index in [2.05, 4.69) is 20.8 Å². The molecule has 1 saturated carbocycles. The van der Waals surface area contributed by atoms with Crippen LogP contribution in [0.5, 0.6) is 0 Å². The lowest BCUT2D eigenvalue weighted by Crippen LogP contribution is -2.36. The van der Waals surface area contributed by atoms with E-state index in [0.717, 1.165) is 18.4 Å². The van der Waals surface area contributed by atoms with Gasteiger partial charge in [-0.25, -0.2) is 8.42 Å². The van der Waals surface area contributed by atoms with Crippen LogP contribution in [0, 0.1) is 17.8 Å². The molecular weight excluding hydrogens is 268 g/mol. The zero-order valence-electron chi connectivity index (χ0n) is 12.7. The highest BCUT2D eigenvalue weighted by Crippen LogP contribution is 2.37. The first kappa shape index (κ1) is 15.6. The molecule has 0 spiro atoms. The van der Waals surface area contributed by atoms with E-state index in [4.69, 9.17) is 0 Å². The van der Waals surface area contributed by atoms with Gasteiger partial charge in [0.25, 0.3) is 0 Å². The van der Waals surface area contributed by atoms with Crippen molar-refractivity contribution in [2.75, 3.05) is 0 Å². The zero-order chi connectivity index (χ0) is 14.8. The highest BCUT2D eigenvalue weighted by molar-refractivity contribution is 7.91. The Morgan fingerprint density at radius 2 is 1.80 bits per heavy atom. The average Bonchev–Trinajstić information content (AvgIpc) is 2.39. The first-order valence-electron chi connectivity index (χ1n) is 7.65. The van der Waals surface area contributed by atoms with Gasteiger partial charge in [-0.15, -0.1) is 0 Å². The molecule has 0 amide bonds. The summed E-state index contributed by atoms with van der Waals surface area (Å²) >= 11 is 0. The third-order valence-electron chi connectivity index (χ3n) is 4.78. The maximum Gasteiger partial charge on any atom is 0.157 e. The summed E-state index contributed by atoms with van der Waals surface area (Å²) in [4.78, 5) is 0. The summed E-state index contributed by atoms with van der Waals surface area (Å²) in [7, 11) is -3.05. The van der Waals surface area contributed by atoms with Gasteiger partial charge in [-0.1, -0.05) is 51.1 Å². The third kappa shape index (κ3) is 3.63. The van der Waals surface area contributed by atoms with Crippen molar-refractivity contribution in [1.82, 2.24) is 0 Å². The SMILES string of the molecule is CC(C)C1CCC(C)C(S(=O)(=O)Cc2ccccc2)C1. The van der Waals surface area contributed by atoms with E-state index in [0.29, 0.717) is 17.8 Å². The Bertz CT molecular complexity index is 519. The largest absolute Gasteiger partial charge is 0.228 e. The molecular formula is C17H26O2S. The lowest BCUT2D eigenvalue weighted by atomic mass is 9.77. The van der Waals surface area contributed by atoms with Crippen LogP contribution in [-0.2, 0) is 15.6 Å². The van der Waals surface area contributed by atoms with Gasteiger partial charge in [0.2, 0.25) is 0 Å². The molecule has 3 heteroatoms. The van der Waals surface area contributed by atoms with E-state index in [1.807, 2.05) is 30.3 Å². The van der Waals surface area contributed by atoms with Crippen molar-refractivity contribution >= 4 is 9.84 Å². The Balaban J connectivity index is 2.15. The fourth-order valence-electron chi connectivity index (χ4n) is 3.33. The van der Waals surface area contributed by atoms with Gasteiger partial charge in [0, 0.05) is 0 Å². The number of sulfone groups is 1. The third-order valence-corrected chi connectivity index (χ3v) is 7.09. The van der Waals surface area contributed by atoms with Gasteiger partial charge < -0.3 is 0 Å². The van der Waals surface area contributed by atoms with Crippen LogP contribution in [0.2, 0.25) is 0 Å². The molecule has 0 radical (unpaired) electrons. The highest BCUT2D eigenvalue weighted by Gasteiger charge is 2.37. The van der Waals surface area contributed by atoms with E-state index in [-0.39, 0.29) is 11.0 Å². The maximum atomic E-state index is 12.7. The van der Waals surface area contributed by atoms with Crippen LogP contribution in [0.3, 0.4) is 0 Å². The normalized spacial score (nSPS) is 27.7. The molecule has 0 bridgehead atoms. The maximum absolute atomic E-state index is 12.7. The molecule has 20 heavy (non-hydrogen) atoms. The molecule has 1 aliphatic carbocycles. The summed E-state index contributed by atoms with van der Waals surface area (Å²) in [6.07, 6.45) is 3.06. The van der Waals surface area contributed by atoms with Gasteiger partial charge in [-0.2, -0.15) is 0 Å². The van der Waals surface area contributed by atoms with Crippen molar-refractivity contribution in [3.63, 3.8) is 0 Å². The zero-order valence-corrected chi connectivity index (χ0v) is 13.6. The van der Waals surface area contributed by atoms with Crippen molar-refractivity contribution < 1.29 is 8.42 Å². The Kier molecular flexibility index (Phi) is 4.90. The first-order chi connectivity index (χ1) is 9.40. The second-order valence-corrected chi connectivity index (χ2v) is 8.85. The lowest BCUT2D eigenvalue weighted by Gasteiger charge is -2.35. The molecule has 112 valence electrons. The second-order valence-electron chi connectivity index (χ2n) is 6.63.